The number of hydrogen-bond donors (Lipinski definition) is 2. The summed E-state index contributed by atoms with van der Waals surface area (Å²) in [5.74, 6) is 7.50. The van der Waals surface area contributed by atoms with Gasteiger partial charge in [-0.05, 0) is 37.5 Å². The third-order valence-corrected chi connectivity index (χ3v) is 4.83. The Morgan fingerprint density at radius 1 is 1.43 bits per heavy atom. The van der Waals surface area contributed by atoms with Gasteiger partial charge >= 0.3 is 0 Å². The van der Waals surface area contributed by atoms with Gasteiger partial charge in [-0.25, -0.2) is 0 Å². The van der Waals surface area contributed by atoms with Crippen LogP contribution in [0, 0.1) is 11.3 Å². The summed E-state index contributed by atoms with van der Waals surface area (Å²) in [6, 6.07) is 0.0970. The van der Waals surface area contributed by atoms with Crippen LogP contribution in [0.15, 0.2) is 6.20 Å². The number of nitrogens with two attached hydrogens (primary N) is 1. The maximum absolute atomic E-state index is 6.01. The molecule has 1 aliphatic carbocycles. The van der Waals surface area contributed by atoms with Gasteiger partial charge < -0.3 is 4.74 Å². The number of aromatic nitrogens is 2. The highest BCUT2D eigenvalue weighted by Gasteiger charge is 2.44. The van der Waals surface area contributed by atoms with Gasteiger partial charge in [0.25, 0.3) is 0 Å². The molecule has 0 amide bonds. The molecule has 1 aromatic heterocycles. The zero-order valence-corrected chi connectivity index (χ0v) is 13.9. The average Bonchev–Trinajstić information content (AvgIpc) is 3.06. The Balaban J connectivity index is 2.43. The molecule has 3 N–H and O–H groups in total. The normalized spacial score (nSPS) is 19.1. The maximum Gasteiger partial charge on any atom is 0.161 e. The fourth-order valence-corrected chi connectivity index (χ4v) is 4.13. The molecule has 1 unspecified atom stereocenters. The van der Waals surface area contributed by atoms with Crippen LogP contribution in [0.2, 0.25) is 0 Å². The first-order valence-corrected chi connectivity index (χ1v) is 8.13. The van der Waals surface area contributed by atoms with Crippen molar-refractivity contribution < 1.29 is 4.74 Å². The highest BCUT2D eigenvalue weighted by molar-refractivity contribution is 5.30. The number of nitrogens with one attached hydrogen (secondary N) is 1. The summed E-state index contributed by atoms with van der Waals surface area (Å²) in [4.78, 5) is 0. The first-order valence-electron chi connectivity index (χ1n) is 8.13. The lowest BCUT2D eigenvalue weighted by Crippen LogP contribution is -2.42. The molecule has 0 bridgehead atoms. The number of hydrazine groups is 1. The second-order valence-corrected chi connectivity index (χ2v) is 6.68. The van der Waals surface area contributed by atoms with Crippen LogP contribution in [0.25, 0.3) is 0 Å². The standard InChI is InChI=1S/C16H30N4O/c1-5-20-14(13(21-4)11-18-20)15(19-17)16(10-12(2)3)8-6-7-9-16/h11-12,15,19H,5-10,17H2,1-4H3. The van der Waals surface area contributed by atoms with E-state index < -0.39 is 0 Å². The smallest absolute Gasteiger partial charge is 0.161 e. The van der Waals surface area contributed by atoms with Crippen molar-refractivity contribution in [3.8, 4) is 5.75 Å². The van der Waals surface area contributed by atoms with E-state index >= 15 is 0 Å². The summed E-state index contributed by atoms with van der Waals surface area (Å²) < 4.78 is 7.56. The monoisotopic (exact) mass is 294 g/mol. The summed E-state index contributed by atoms with van der Waals surface area (Å²) in [5.41, 5.74) is 4.41. The molecule has 1 saturated carbocycles. The van der Waals surface area contributed by atoms with Crippen molar-refractivity contribution in [2.45, 2.75) is 65.5 Å². The Labute approximate surface area is 128 Å². The third kappa shape index (κ3) is 3.09. The summed E-state index contributed by atoms with van der Waals surface area (Å²) >= 11 is 0. The van der Waals surface area contributed by atoms with Crippen LogP contribution in [0.3, 0.4) is 0 Å². The van der Waals surface area contributed by atoms with E-state index in [1.165, 1.54) is 32.1 Å². The quantitative estimate of drug-likeness (QED) is 0.599. The SMILES string of the molecule is CCn1ncc(OC)c1C(NN)C1(CC(C)C)CCCC1. The molecule has 1 atom stereocenters. The largest absolute Gasteiger partial charge is 0.493 e. The van der Waals surface area contributed by atoms with E-state index in [0.29, 0.717) is 5.92 Å². The summed E-state index contributed by atoms with van der Waals surface area (Å²) in [6.07, 6.45) is 8.00. The second kappa shape index (κ2) is 6.79. The lowest BCUT2D eigenvalue weighted by molar-refractivity contribution is 0.146. The van der Waals surface area contributed by atoms with Crippen LogP contribution in [0.4, 0.5) is 0 Å². The molecule has 0 aliphatic heterocycles. The summed E-state index contributed by atoms with van der Waals surface area (Å²) in [7, 11) is 1.71. The minimum atomic E-state index is 0.0970. The van der Waals surface area contributed by atoms with Crippen molar-refractivity contribution in [1.29, 1.82) is 0 Å². The van der Waals surface area contributed by atoms with E-state index in [1.54, 1.807) is 13.3 Å². The Hall–Kier alpha value is -1.07. The molecule has 0 saturated heterocycles. The molecule has 0 aromatic carbocycles. The minimum absolute atomic E-state index is 0.0970. The molecular weight excluding hydrogens is 264 g/mol. The van der Waals surface area contributed by atoms with Crippen LogP contribution < -0.4 is 16.0 Å². The van der Waals surface area contributed by atoms with Gasteiger partial charge in [-0.15, -0.1) is 0 Å². The van der Waals surface area contributed by atoms with Gasteiger partial charge in [0.2, 0.25) is 0 Å². The molecular formula is C16H30N4O. The average molecular weight is 294 g/mol. The molecule has 1 heterocycles. The first-order chi connectivity index (χ1) is 10.1. The molecule has 0 spiro atoms. The van der Waals surface area contributed by atoms with E-state index in [1.807, 2.05) is 4.68 Å². The van der Waals surface area contributed by atoms with Crippen LogP contribution >= 0.6 is 0 Å². The molecule has 1 aromatic rings. The molecule has 0 radical (unpaired) electrons. The number of methoxy groups -OCH3 is 1. The lowest BCUT2D eigenvalue weighted by Gasteiger charge is -2.39. The number of nitrogens with zero attached hydrogens (tertiary/aromatic N) is 2. The Morgan fingerprint density at radius 3 is 2.57 bits per heavy atom. The fraction of sp³-hybridized carbons (Fsp3) is 0.812. The first kappa shape index (κ1) is 16.3. The van der Waals surface area contributed by atoms with Crippen molar-refractivity contribution in [2.75, 3.05) is 7.11 Å². The minimum Gasteiger partial charge on any atom is -0.493 e. The van der Waals surface area contributed by atoms with Crippen LogP contribution in [-0.4, -0.2) is 16.9 Å². The van der Waals surface area contributed by atoms with Gasteiger partial charge in [-0.1, -0.05) is 26.7 Å². The fourth-order valence-electron chi connectivity index (χ4n) is 4.13. The van der Waals surface area contributed by atoms with Gasteiger partial charge in [0.05, 0.1) is 25.0 Å². The van der Waals surface area contributed by atoms with Gasteiger partial charge in [0.15, 0.2) is 5.75 Å². The summed E-state index contributed by atoms with van der Waals surface area (Å²) in [6.45, 7) is 7.52. The molecule has 1 fully saturated rings. The lowest BCUT2D eigenvalue weighted by atomic mass is 9.71. The van der Waals surface area contributed by atoms with Crippen molar-refractivity contribution in [3.05, 3.63) is 11.9 Å². The van der Waals surface area contributed by atoms with E-state index in [4.69, 9.17) is 10.6 Å². The number of aryl methyl sites for hydroxylation is 1. The van der Waals surface area contributed by atoms with Gasteiger partial charge in [-0.3, -0.25) is 16.0 Å². The van der Waals surface area contributed by atoms with Crippen molar-refractivity contribution in [3.63, 3.8) is 0 Å². The van der Waals surface area contributed by atoms with Crippen LogP contribution in [0.5, 0.6) is 5.75 Å². The Morgan fingerprint density at radius 2 is 2.10 bits per heavy atom. The highest BCUT2D eigenvalue weighted by Crippen LogP contribution is 2.52. The Kier molecular flexibility index (Phi) is 5.27. The van der Waals surface area contributed by atoms with E-state index in [0.717, 1.165) is 18.0 Å². The van der Waals surface area contributed by atoms with Crippen molar-refractivity contribution in [2.24, 2.45) is 17.2 Å². The van der Waals surface area contributed by atoms with E-state index in [2.05, 4.69) is 31.3 Å². The predicted octanol–water partition coefficient (Wildman–Crippen LogP) is 3.02. The number of ether oxygens (including phenoxy) is 1. The van der Waals surface area contributed by atoms with Crippen LogP contribution in [0.1, 0.15) is 64.6 Å². The van der Waals surface area contributed by atoms with E-state index in [9.17, 15) is 0 Å². The third-order valence-electron chi connectivity index (χ3n) is 4.83. The molecule has 120 valence electrons. The topological polar surface area (TPSA) is 65.1 Å². The van der Waals surface area contributed by atoms with Crippen molar-refractivity contribution >= 4 is 0 Å². The number of rotatable bonds is 7. The highest BCUT2D eigenvalue weighted by atomic mass is 16.5. The van der Waals surface area contributed by atoms with Crippen LogP contribution in [-0.2, 0) is 6.54 Å². The number of hydrogen-bond acceptors (Lipinski definition) is 4. The zero-order valence-electron chi connectivity index (χ0n) is 13.9. The molecule has 5 heteroatoms. The molecule has 1 aliphatic rings. The van der Waals surface area contributed by atoms with E-state index in [-0.39, 0.29) is 11.5 Å². The summed E-state index contributed by atoms with van der Waals surface area (Å²) in [5, 5.41) is 4.45. The molecule has 2 rings (SSSR count). The Bertz CT molecular complexity index is 428. The maximum atomic E-state index is 6.01. The van der Waals surface area contributed by atoms with Crippen molar-refractivity contribution in [1.82, 2.24) is 15.2 Å². The predicted molar refractivity (Wildman–Crippen MR) is 84.9 cm³/mol. The second-order valence-electron chi connectivity index (χ2n) is 6.68. The molecule has 21 heavy (non-hydrogen) atoms. The van der Waals surface area contributed by atoms with Gasteiger partial charge in [0.1, 0.15) is 0 Å². The van der Waals surface area contributed by atoms with Gasteiger partial charge in [0, 0.05) is 6.54 Å². The zero-order chi connectivity index (χ0) is 15.5. The molecule has 5 nitrogen and oxygen atoms in total. The van der Waals surface area contributed by atoms with Gasteiger partial charge in [-0.2, -0.15) is 5.10 Å².